The molecule has 0 aliphatic rings. The van der Waals surface area contributed by atoms with Crippen molar-refractivity contribution in [2.45, 2.75) is 58.4 Å². The fraction of sp³-hybridized carbons (Fsp3) is 0.360. The molecule has 2 N–H and O–H groups in total. The van der Waals surface area contributed by atoms with Crippen LogP contribution in [0.3, 0.4) is 0 Å². The Kier molecular flexibility index (Phi) is 7.10. The largest absolute Gasteiger partial charge is 0.387 e. The highest BCUT2D eigenvalue weighted by Crippen LogP contribution is 2.34. The van der Waals surface area contributed by atoms with Crippen molar-refractivity contribution in [3.8, 4) is 28.0 Å². The van der Waals surface area contributed by atoms with E-state index < -0.39 is 11.8 Å². The monoisotopic (exact) mass is 507 g/mol. The first kappa shape index (κ1) is 25.3. The van der Waals surface area contributed by atoms with Crippen molar-refractivity contribution in [2.75, 3.05) is 5.32 Å². The number of halogens is 1. The van der Waals surface area contributed by atoms with Gasteiger partial charge >= 0.3 is 0 Å². The number of nitriles is 1. The number of fused-ring (bicyclic) bond motifs is 1. The van der Waals surface area contributed by atoms with E-state index in [0.717, 1.165) is 28.2 Å². The molecule has 186 valence electrons. The van der Waals surface area contributed by atoms with E-state index in [1.165, 1.54) is 20.0 Å². The first-order valence-electron chi connectivity index (χ1n) is 11.4. The summed E-state index contributed by atoms with van der Waals surface area (Å²) >= 11 is 1.12. The molecule has 4 rings (SSSR count). The minimum Gasteiger partial charge on any atom is -0.387 e. The molecule has 4 aromatic rings. The Balaban J connectivity index is 1.63. The van der Waals surface area contributed by atoms with E-state index in [4.69, 9.17) is 5.26 Å². The Morgan fingerprint density at radius 1 is 1.28 bits per heavy atom. The van der Waals surface area contributed by atoms with Crippen LogP contribution in [0.15, 0.2) is 36.7 Å². The number of ketones is 1. The molecule has 0 fully saturated rings. The average molecular weight is 508 g/mol. The van der Waals surface area contributed by atoms with Crippen molar-refractivity contribution in [1.82, 2.24) is 24.8 Å². The predicted molar refractivity (Wildman–Crippen MR) is 136 cm³/mol. The van der Waals surface area contributed by atoms with E-state index in [9.17, 15) is 14.3 Å². The van der Waals surface area contributed by atoms with Crippen LogP contribution >= 0.6 is 11.3 Å². The number of rotatable bonds is 9. The molecular formula is C25H26FN7O2S. The number of hydrogen-bond acceptors (Lipinski definition) is 9. The molecule has 11 heteroatoms. The second-order valence-corrected chi connectivity index (χ2v) is 10.3. The lowest BCUT2D eigenvalue weighted by Crippen LogP contribution is -2.32. The van der Waals surface area contributed by atoms with Gasteiger partial charge in [0.2, 0.25) is 0 Å². The number of nitrogens with one attached hydrogen (secondary N) is 1. The Bertz CT molecular complexity index is 1450. The van der Waals surface area contributed by atoms with E-state index >= 15 is 0 Å². The molecule has 0 aromatic carbocycles. The normalized spacial score (nSPS) is 12.6. The molecule has 0 aliphatic carbocycles. The molecule has 0 unspecified atom stereocenters. The second kappa shape index (κ2) is 10.1. The number of nitrogens with zero attached hydrogens (tertiary/aromatic N) is 6. The van der Waals surface area contributed by atoms with Crippen LogP contribution in [0.4, 0.5) is 10.1 Å². The highest BCUT2D eigenvalue weighted by atomic mass is 32.1. The Hall–Kier alpha value is -3.75. The molecular weight excluding hydrogens is 481 g/mol. The lowest BCUT2D eigenvalue weighted by atomic mass is 9.98. The molecule has 1 atom stereocenters. The van der Waals surface area contributed by atoms with Gasteiger partial charge < -0.3 is 10.4 Å². The second-order valence-electron chi connectivity index (χ2n) is 9.32. The minimum absolute atomic E-state index is 0.0735. The molecule has 9 nitrogen and oxygen atoms in total. The van der Waals surface area contributed by atoms with Crippen LogP contribution in [0, 0.1) is 11.3 Å². The van der Waals surface area contributed by atoms with Crippen LogP contribution < -0.4 is 5.32 Å². The molecule has 0 saturated carbocycles. The summed E-state index contributed by atoms with van der Waals surface area (Å²) < 4.78 is 15.8. The van der Waals surface area contributed by atoms with Gasteiger partial charge in [-0.15, -0.1) is 10.2 Å². The van der Waals surface area contributed by atoms with Gasteiger partial charge in [-0.25, -0.2) is 8.91 Å². The summed E-state index contributed by atoms with van der Waals surface area (Å²) in [6.45, 7) is 6.77. The van der Waals surface area contributed by atoms with Crippen LogP contribution in [0.25, 0.3) is 27.5 Å². The van der Waals surface area contributed by atoms with Crippen LogP contribution in [-0.2, 0) is 0 Å². The third-order valence-corrected chi connectivity index (χ3v) is 6.52. The Morgan fingerprint density at radius 3 is 2.75 bits per heavy atom. The number of anilines is 1. The van der Waals surface area contributed by atoms with Gasteiger partial charge in [0.25, 0.3) is 0 Å². The van der Waals surface area contributed by atoms with Gasteiger partial charge in [0.1, 0.15) is 12.2 Å². The summed E-state index contributed by atoms with van der Waals surface area (Å²) in [4.78, 5) is 17.2. The molecule has 4 aromatic heterocycles. The van der Waals surface area contributed by atoms with E-state index in [0.29, 0.717) is 21.8 Å². The number of carbonyl (C=O) groups excluding carboxylic acids is 1. The molecule has 0 amide bonds. The summed E-state index contributed by atoms with van der Waals surface area (Å²) in [5.74, 6) is -0.323. The molecule has 36 heavy (non-hydrogen) atoms. The highest BCUT2D eigenvalue weighted by molar-refractivity contribution is 7.16. The van der Waals surface area contributed by atoms with Crippen molar-refractivity contribution >= 4 is 28.3 Å². The lowest BCUT2D eigenvalue weighted by Gasteiger charge is -2.21. The number of carbonyl (C=O) groups is 1. The number of alkyl halides is 1. The van der Waals surface area contributed by atoms with E-state index in [1.54, 1.807) is 16.8 Å². The summed E-state index contributed by atoms with van der Waals surface area (Å²) in [5.41, 5.74) is 2.62. The van der Waals surface area contributed by atoms with Crippen LogP contribution in [-0.4, -0.2) is 53.5 Å². The molecule has 0 spiro atoms. The fourth-order valence-corrected chi connectivity index (χ4v) is 4.45. The molecule has 0 bridgehead atoms. The van der Waals surface area contributed by atoms with Gasteiger partial charge in [-0.2, -0.15) is 10.4 Å². The minimum atomic E-state index is -1.52. The highest BCUT2D eigenvalue weighted by Gasteiger charge is 2.28. The van der Waals surface area contributed by atoms with Gasteiger partial charge in [0.05, 0.1) is 39.8 Å². The van der Waals surface area contributed by atoms with Crippen molar-refractivity contribution in [3.05, 3.63) is 47.2 Å². The average Bonchev–Trinajstić information content (AvgIpc) is 3.48. The van der Waals surface area contributed by atoms with E-state index in [1.807, 2.05) is 32.0 Å². The fourth-order valence-electron chi connectivity index (χ4n) is 3.61. The summed E-state index contributed by atoms with van der Waals surface area (Å²) in [6, 6.07) is 9.59. The smallest absolute Gasteiger partial charge is 0.193 e. The maximum absolute atomic E-state index is 14.0. The molecule has 4 heterocycles. The van der Waals surface area contributed by atoms with Gasteiger partial charge in [0, 0.05) is 24.3 Å². The lowest BCUT2D eigenvalue weighted by molar-refractivity contribution is -0.00673. The van der Waals surface area contributed by atoms with Gasteiger partial charge in [-0.05, 0) is 58.4 Å². The standard InChI is InChI=1S/C25H26FN7O2S/c1-14(2)30-18-10-19(20-6-5-16-9-15(11-27)12-29-33(16)20)28-13-17(18)23-31-32-24(36-23)21(34)7-8-22(26)25(3,4)35/h5-6,9-10,12-14,22,35H,7-8H2,1-4H3,(H,28,30)/t22-/m1/s1. The molecule has 0 radical (unpaired) electrons. The number of aliphatic hydroxyl groups is 1. The first-order chi connectivity index (χ1) is 17.1. The quantitative estimate of drug-likeness (QED) is 0.313. The Labute approximate surface area is 211 Å². The third kappa shape index (κ3) is 5.40. The van der Waals surface area contributed by atoms with Crippen LogP contribution in [0.1, 0.15) is 55.9 Å². The predicted octanol–water partition coefficient (Wildman–Crippen LogP) is 4.68. The van der Waals surface area contributed by atoms with Crippen molar-refractivity contribution in [3.63, 3.8) is 0 Å². The van der Waals surface area contributed by atoms with Crippen LogP contribution in [0.2, 0.25) is 0 Å². The van der Waals surface area contributed by atoms with Crippen molar-refractivity contribution in [1.29, 1.82) is 5.26 Å². The van der Waals surface area contributed by atoms with Crippen molar-refractivity contribution < 1.29 is 14.3 Å². The number of Topliss-reactive ketones (excluding diaryl/α,β-unsaturated/α-hetero) is 1. The van der Waals surface area contributed by atoms with Gasteiger partial charge in [-0.1, -0.05) is 11.3 Å². The maximum atomic E-state index is 14.0. The number of aromatic nitrogens is 5. The Morgan fingerprint density at radius 2 is 2.06 bits per heavy atom. The van der Waals surface area contributed by atoms with Gasteiger partial charge in [0.15, 0.2) is 15.8 Å². The number of hydrogen-bond donors (Lipinski definition) is 2. The molecule has 0 aliphatic heterocycles. The van der Waals surface area contributed by atoms with Crippen molar-refractivity contribution in [2.24, 2.45) is 0 Å². The summed E-state index contributed by atoms with van der Waals surface area (Å²) in [7, 11) is 0. The summed E-state index contributed by atoms with van der Waals surface area (Å²) in [6.07, 6.45) is 1.49. The molecule has 0 saturated heterocycles. The van der Waals surface area contributed by atoms with E-state index in [-0.39, 0.29) is 29.7 Å². The maximum Gasteiger partial charge on any atom is 0.193 e. The SMILES string of the molecule is CC(C)Nc1cc(-c2ccc3cc(C#N)cnn23)ncc1-c1nnc(C(=O)CC[C@@H](F)C(C)(C)O)s1. The zero-order valence-electron chi connectivity index (χ0n) is 20.4. The zero-order valence-corrected chi connectivity index (χ0v) is 21.2. The van der Waals surface area contributed by atoms with Crippen LogP contribution in [0.5, 0.6) is 0 Å². The van der Waals surface area contributed by atoms with E-state index in [2.05, 4.69) is 31.7 Å². The first-order valence-corrected chi connectivity index (χ1v) is 12.3. The topological polar surface area (TPSA) is 129 Å². The zero-order chi connectivity index (χ0) is 26.0. The summed E-state index contributed by atoms with van der Waals surface area (Å²) in [5, 5.41) is 35.5. The number of pyridine rings is 1. The third-order valence-electron chi connectivity index (χ3n) is 5.53. The van der Waals surface area contributed by atoms with Gasteiger partial charge in [-0.3, -0.25) is 9.78 Å².